The van der Waals surface area contributed by atoms with E-state index in [1.54, 1.807) is 0 Å². The predicted molar refractivity (Wildman–Crippen MR) is 215 cm³/mol. The number of nitrogens with zero attached hydrogens (tertiary/aromatic N) is 3. The van der Waals surface area contributed by atoms with Crippen LogP contribution in [0.25, 0.3) is 0 Å². The van der Waals surface area contributed by atoms with E-state index in [-0.39, 0.29) is 60.5 Å². The monoisotopic (exact) mass is 755 g/mol. The van der Waals surface area contributed by atoms with E-state index in [2.05, 4.69) is 62.4 Å². The van der Waals surface area contributed by atoms with Crippen molar-refractivity contribution < 1.29 is 23.9 Å². The second kappa shape index (κ2) is 19.3. The predicted octanol–water partition coefficient (Wildman–Crippen LogP) is 8.64. The number of carbonyl (C=O) groups is 3. The number of aliphatic imine (C=N–C) groups is 2. The van der Waals surface area contributed by atoms with Crippen LogP contribution in [0.2, 0.25) is 0 Å². The number of ether oxygens (including phenoxy) is 2. The number of hydrogen-bond acceptors (Lipinski definition) is 6. The summed E-state index contributed by atoms with van der Waals surface area (Å²) in [4.78, 5) is 48.2. The molecule has 0 aromatic heterocycles. The molecule has 4 N–H and O–H groups in total. The van der Waals surface area contributed by atoms with Gasteiger partial charge in [0, 0.05) is 18.1 Å². The molecule has 3 saturated carbocycles. The van der Waals surface area contributed by atoms with Crippen LogP contribution in [0.4, 0.5) is 14.4 Å². The molecule has 6 amide bonds. The summed E-state index contributed by atoms with van der Waals surface area (Å²) in [5, 5.41) is 11.9. The van der Waals surface area contributed by atoms with Crippen LogP contribution in [0, 0.1) is 13.8 Å². The SMILES string of the molecule is Cc1ccc(C2OC(=NC(=O)NC3CCCCC3)N(C(=O)NC3CCCCC3)C2C)cc1.Cc1ccc(C2OC(NC(=O)NC3CCCCC3)=NC2C)cc1. The van der Waals surface area contributed by atoms with Gasteiger partial charge in [0.1, 0.15) is 12.2 Å². The fraction of sp³-hybridized carbons (Fsp3) is 0.605. The number of benzene rings is 2. The summed E-state index contributed by atoms with van der Waals surface area (Å²) in [6.07, 6.45) is 16.2. The van der Waals surface area contributed by atoms with Gasteiger partial charge in [-0.1, -0.05) is 117 Å². The van der Waals surface area contributed by atoms with E-state index in [4.69, 9.17) is 9.47 Å². The van der Waals surface area contributed by atoms with Gasteiger partial charge in [-0.15, -0.1) is 4.99 Å². The molecular weight excluding hydrogens is 695 g/mol. The number of nitrogens with one attached hydrogen (secondary N) is 4. The lowest BCUT2D eigenvalue weighted by atomic mass is 9.95. The van der Waals surface area contributed by atoms with E-state index in [1.807, 2.05) is 45.0 Å². The maximum Gasteiger partial charge on any atom is 0.345 e. The number of amides is 6. The van der Waals surface area contributed by atoms with Crippen molar-refractivity contribution in [3.8, 4) is 0 Å². The maximum absolute atomic E-state index is 13.3. The lowest BCUT2D eigenvalue weighted by Crippen LogP contribution is -2.49. The molecule has 55 heavy (non-hydrogen) atoms. The highest BCUT2D eigenvalue weighted by Crippen LogP contribution is 2.33. The number of urea groups is 3. The molecule has 1 saturated heterocycles. The quantitative estimate of drug-likeness (QED) is 0.241. The number of carbonyl (C=O) groups excluding carboxylic acids is 3. The van der Waals surface area contributed by atoms with Crippen molar-refractivity contribution in [2.45, 2.75) is 166 Å². The van der Waals surface area contributed by atoms with Crippen molar-refractivity contribution >= 4 is 30.1 Å². The minimum absolute atomic E-state index is 0.0114. The zero-order chi connectivity index (χ0) is 38.7. The molecule has 4 atom stereocenters. The van der Waals surface area contributed by atoms with Gasteiger partial charge in [0.2, 0.25) is 0 Å². The van der Waals surface area contributed by atoms with E-state index in [1.165, 1.54) is 42.6 Å². The summed E-state index contributed by atoms with van der Waals surface area (Å²) in [5.41, 5.74) is 4.42. The third-order valence-electron chi connectivity index (χ3n) is 11.5. The van der Waals surface area contributed by atoms with Crippen LogP contribution >= 0.6 is 0 Å². The Kier molecular flexibility index (Phi) is 14.1. The molecule has 5 aliphatic rings. The number of aryl methyl sites for hydroxylation is 2. The molecular formula is C43H61N7O5. The Labute approximate surface area is 326 Å². The Balaban J connectivity index is 0.000000197. The Morgan fingerprint density at radius 2 is 1.11 bits per heavy atom. The van der Waals surface area contributed by atoms with Gasteiger partial charge in [0.15, 0.2) is 0 Å². The topological polar surface area (TPSA) is 146 Å². The zero-order valence-electron chi connectivity index (χ0n) is 33.1. The highest BCUT2D eigenvalue weighted by atomic mass is 16.5. The Morgan fingerprint density at radius 3 is 1.64 bits per heavy atom. The van der Waals surface area contributed by atoms with Crippen molar-refractivity contribution in [1.29, 1.82) is 0 Å². The largest absolute Gasteiger partial charge is 0.454 e. The molecule has 4 unspecified atom stereocenters. The van der Waals surface area contributed by atoms with Crippen LogP contribution in [0.15, 0.2) is 58.5 Å². The van der Waals surface area contributed by atoms with Crippen LogP contribution in [0.3, 0.4) is 0 Å². The van der Waals surface area contributed by atoms with Gasteiger partial charge < -0.3 is 25.4 Å². The minimum atomic E-state index is -0.431. The van der Waals surface area contributed by atoms with Crippen molar-refractivity contribution in [3.63, 3.8) is 0 Å². The van der Waals surface area contributed by atoms with E-state index >= 15 is 0 Å². The van der Waals surface area contributed by atoms with Crippen LogP contribution in [0.5, 0.6) is 0 Å². The van der Waals surface area contributed by atoms with E-state index < -0.39 is 6.03 Å². The molecule has 2 aliphatic heterocycles. The number of hydrogen-bond donors (Lipinski definition) is 4. The average Bonchev–Trinajstić information content (AvgIpc) is 3.71. The van der Waals surface area contributed by atoms with Gasteiger partial charge in [0.05, 0.1) is 12.1 Å². The molecule has 2 aromatic rings. The number of amidine groups is 2. The summed E-state index contributed by atoms with van der Waals surface area (Å²) < 4.78 is 12.0. The fourth-order valence-corrected chi connectivity index (χ4v) is 8.30. The highest BCUT2D eigenvalue weighted by molar-refractivity contribution is 6.00. The van der Waals surface area contributed by atoms with Crippen LogP contribution in [-0.4, -0.2) is 65.2 Å². The van der Waals surface area contributed by atoms with Gasteiger partial charge in [-0.3, -0.25) is 5.32 Å². The molecule has 4 fully saturated rings. The molecule has 12 heteroatoms. The van der Waals surface area contributed by atoms with Crippen molar-refractivity contribution in [2.24, 2.45) is 9.98 Å². The second-order valence-electron chi connectivity index (χ2n) is 16.1. The first-order chi connectivity index (χ1) is 26.6. The lowest BCUT2D eigenvalue weighted by Gasteiger charge is -2.27. The van der Waals surface area contributed by atoms with E-state index in [9.17, 15) is 14.4 Å². The van der Waals surface area contributed by atoms with Gasteiger partial charge in [-0.25, -0.2) is 24.3 Å². The van der Waals surface area contributed by atoms with Gasteiger partial charge in [-0.05, 0) is 77.3 Å². The molecule has 12 nitrogen and oxygen atoms in total. The standard InChI is InChI=1S/C25H36N4O3.C18H25N3O2/c1-17-13-15-19(16-14-17)22-18(2)29(24(31)27-21-11-7-4-8-12-21)25(32-22)28-23(30)26-20-9-5-3-6-10-20;1-12-8-10-14(11-9-12)16-13(2)19-18(23-16)21-17(22)20-15-6-4-3-5-7-15/h13-16,18,20-22H,3-12H2,1-2H3,(H,26,30)(H,27,31);8-11,13,15-16H,3-7H2,1-2H3,(H2,19,20,21,22). The Hall–Kier alpha value is -4.61. The lowest BCUT2D eigenvalue weighted by molar-refractivity contribution is 0.188. The summed E-state index contributed by atoms with van der Waals surface area (Å²) in [6.45, 7) is 8.04. The maximum atomic E-state index is 13.3. The van der Waals surface area contributed by atoms with Crippen molar-refractivity contribution in [3.05, 3.63) is 70.8 Å². The third-order valence-corrected chi connectivity index (χ3v) is 11.5. The van der Waals surface area contributed by atoms with Crippen molar-refractivity contribution in [1.82, 2.24) is 26.2 Å². The molecule has 0 radical (unpaired) electrons. The first-order valence-corrected chi connectivity index (χ1v) is 20.7. The van der Waals surface area contributed by atoms with Crippen LogP contribution in [-0.2, 0) is 9.47 Å². The summed E-state index contributed by atoms with van der Waals surface area (Å²) in [6, 6.07) is 16.1. The van der Waals surface area contributed by atoms with Crippen LogP contribution in [0.1, 0.15) is 145 Å². The molecule has 2 heterocycles. The van der Waals surface area contributed by atoms with Crippen molar-refractivity contribution in [2.75, 3.05) is 0 Å². The Bertz CT molecular complexity index is 1640. The molecule has 298 valence electrons. The smallest absolute Gasteiger partial charge is 0.345 e. The summed E-state index contributed by atoms with van der Waals surface area (Å²) >= 11 is 0. The summed E-state index contributed by atoms with van der Waals surface area (Å²) in [5.74, 6) is 0. The first kappa shape index (κ1) is 40.1. The van der Waals surface area contributed by atoms with Crippen LogP contribution < -0.4 is 21.3 Å². The second-order valence-corrected chi connectivity index (χ2v) is 16.1. The van der Waals surface area contributed by atoms with Gasteiger partial charge in [0.25, 0.3) is 6.02 Å². The highest BCUT2D eigenvalue weighted by Gasteiger charge is 2.43. The van der Waals surface area contributed by atoms with E-state index in [0.717, 1.165) is 80.9 Å². The summed E-state index contributed by atoms with van der Waals surface area (Å²) in [7, 11) is 0. The molecule has 2 aromatic carbocycles. The van der Waals surface area contributed by atoms with Gasteiger partial charge >= 0.3 is 24.1 Å². The molecule has 0 bridgehead atoms. The average molecular weight is 756 g/mol. The van der Waals surface area contributed by atoms with Gasteiger partial charge in [-0.2, -0.15) is 0 Å². The fourth-order valence-electron chi connectivity index (χ4n) is 8.30. The number of rotatable bonds is 5. The first-order valence-electron chi connectivity index (χ1n) is 20.7. The molecule has 3 aliphatic carbocycles. The molecule has 0 spiro atoms. The molecule has 7 rings (SSSR count). The minimum Gasteiger partial charge on any atom is -0.454 e. The zero-order valence-corrected chi connectivity index (χ0v) is 33.1. The Morgan fingerprint density at radius 1 is 0.636 bits per heavy atom. The third kappa shape index (κ3) is 11.2. The van der Waals surface area contributed by atoms with E-state index in [0.29, 0.717) is 6.02 Å². The normalized spacial score (nSPS) is 25.5.